The predicted octanol–water partition coefficient (Wildman–Crippen LogP) is 5.12. The van der Waals surface area contributed by atoms with E-state index in [0.29, 0.717) is 16.7 Å². The molecule has 0 saturated carbocycles. The zero-order chi connectivity index (χ0) is 17.5. The van der Waals surface area contributed by atoms with Gasteiger partial charge in [-0.2, -0.15) is 0 Å². The molecule has 0 unspecified atom stereocenters. The first-order valence-electron chi connectivity index (χ1n) is 7.87. The van der Waals surface area contributed by atoms with Crippen molar-refractivity contribution in [2.45, 2.75) is 0 Å². The summed E-state index contributed by atoms with van der Waals surface area (Å²) in [5, 5.41) is 0. The fourth-order valence-corrected chi connectivity index (χ4v) is 2.33. The average Bonchev–Trinajstić information content (AvgIpc) is 2.66. The third-order valence-corrected chi connectivity index (χ3v) is 3.63. The Bertz CT molecular complexity index is 975. The van der Waals surface area contributed by atoms with Gasteiger partial charge in [0.25, 0.3) is 0 Å². The van der Waals surface area contributed by atoms with E-state index in [-0.39, 0.29) is 11.6 Å². The molecule has 0 aliphatic carbocycles. The molecule has 0 fully saturated rings. The molecule has 0 radical (unpaired) electrons. The van der Waals surface area contributed by atoms with Gasteiger partial charge in [-0.15, -0.1) is 0 Å². The molecule has 3 aromatic rings. The molecule has 0 aliphatic rings. The van der Waals surface area contributed by atoms with Gasteiger partial charge in [-0.25, -0.2) is 4.39 Å². The van der Waals surface area contributed by atoms with E-state index in [2.05, 4.69) is 11.8 Å². The zero-order valence-corrected chi connectivity index (χ0v) is 13.4. The Morgan fingerprint density at radius 3 is 2.28 bits per heavy atom. The van der Waals surface area contributed by atoms with Crippen molar-refractivity contribution in [3.8, 4) is 11.8 Å². The lowest BCUT2D eigenvalue weighted by atomic mass is 10.0. The van der Waals surface area contributed by atoms with E-state index in [1.165, 1.54) is 18.2 Å². The average molecular weight is 326 g/mol. The van der Waals surface area contributed by atoms with E-state index >= 15 is 0 Å². The highest BCUT2D eigenvalue weighted by molar-refractivity contribution is 6.08. The topological polar surface area (TPSA) is 17.1 Å². The van der Waals surface area contributed by atoms with Gasteiger partial charge in [-0.3, -0.25) is 4.79 Å². The standard InChI is InChI=1S/C23H15FO/c24-22-13-7-5-11-20(22)16-17-23(25)21-12-6-4-10-19(21)15-14-18-8-2-1-3-9-18/h1-13,16-17H/b17-16+. The number of halogens is 1. The molecule has 0 aliphatic heterocycles. The van der Waals surface area contributed by atoms with E-state index in [9.17, 15) is 9.18 Å². The van der Waals surface area contributed by atoms with Crippen LogP contribution in [0.4, 0.5) is 4.39 Å². The Morgan fingerprint density at radius 2 is 1.48 bits per heavy atom. The Hall–Kier alpha value is -3.44. The van der Waals surface area contributed by atoms with Gasteiger partial charge in [0.05, 0.1) is 0 Å². The molecule has 0 aromatic heterocycles. The van der Waals surface area contributed by atoms with Crippen molar-refractivity contribution in [2.75, 3.05) is 0 Å². The van der Waals surface area contributed by atoms with E-state index in [0.717, 1.165) is 5.56 Å². The van der Waals surface area contributed by atoms with Gasteiger partial charge in [0.1, 0.15) is 5.82 Å². The Labute approximate surface area is 146 Å². The fourth-order valence-electron chi connectivity index (χ4n) is 2.33. The predicted molar refractivity (Wildman–Crippen MR) is 98.6 cm³/mol. The van der Waals surface area contributed by atoms with Crippen molar-refractivity contribution in [2.24, 2.45) is 0 Å². The Kier molecular flexibility index (Phi) is 5.19. The number of allylic oxidation sites excluding steroid dienone is 1. The molecule has 0 amide bonds. The van der Waals surface area contributed by atoms with Crippen LogP contribution in [0, 0.1) is 17.7 Å². The van der Waals surface area contributed by atoms with Crippen LogP contribution in [-0.2, 0) is 0 Å². The number of rotatable bonds is 3. The fraction of sp³-hybridized carbons (Fsp3) is 0. The maximum Gasteiger partial charge on any atom is 0.187 e. The SMILES string of the molecule is O=C(/C=C/c1ccccc1F)c1ccccc1C#Cc1ccccc1. The molecule has 0 atom stereocenters. The largest absolute Gasteiger partial charge is 0.289 e. The van der Waals surface area contributed by atoms with Gasteiger partial charge >= 0.3 is 0 Å². The van der Waals surface area contributed by atoms with E-state index in [1.807, 2.05) is 36.4 Å². The monoisotopic (exact) mass is 326 g/mol. The third kappa shape index (κ3) is 4.31. The van der Waals surface area contributed by atoms with Crippen LogP contribution in [0.15, 0.2) is 84.9 Å². The van der Waals surface area contributed by atoms with Crippen molar-refractivity contribution >= 4 is 11.9 Å². The summed E-state index contributed by atoms with van der Waals surface area (Å²) in [6, 6.07) is 23.1. The van der Waals surface area contributed by atoms with Gasteiger partial charge in [-0.05, 0) is 42.5 Å². The minimum Gasteiger partial charge on any atom is -0.289 e. The van der Waals surface area contributed by atoms with Gasteiger partial charge < -0.3 is 0 Å². The normalized spacial score (nSPS) is 10.3. The molecule has 0 spiro atoms. The lowest BCUT2D eigenvalue weighted by Gasteiger charge is -2.00. The molecule has 0 saturated heterocycles. The lowest BCUT2D eigenvalue weighted by molar-refractivity contribution is 0.104. The van der Waals surface area contributed by atoms with E-state index in [4.69, 9.17) is 0 Å². The first kappa shape index (κ1) is 16.4. The van der Waals surface area contributed by atoms with Gasteiger partial charge in [-0.1, -0.05) is 60.4 Å². The molecule has 0 N–H and O–H groups in total. The second-order valence-electron chi connectivity index (χ2n) is 5.38. The zero-order valence-electron chi connectivity index (χ0n) is 13.4. The van der Waals surface area contributed by atoms with Crippen LogP contribution in [0.1, 0.15) is 27.0 Å². The molecule has 0 bridgehead atoms. The molecular formula is C23H15FO. The number of benzene rings is 3. The van der Waals surface area contributed by atoms with Crippen LogP contribution in [-0.4, -0.2) is 5.78 Å². The van der Waals surface area contributed by atoms with Gasteiger partial charge in [0.2, 0.25) is 0 Å². The quantitative estimate of drug-likeness (QED) is 0.371. The number of hydrogen-bond acceptors (Lipinski definition) is 1. The number of hydrogen-bond donors (Lipinski definition) is 0. The highest BCUT2D eigenvalue weighted by Crippen LogP contribution is 2.13. The first-order valence-corrected chi connectivity index (χ1v) is 7.87. The molecular weight excluding hydrogens is 311 g/mol. The van der Waals surface area contributed by atoms with Crippen molar-refractivity contribution < 1.29 is 9.18 Å². The number of carbonyl (C=O) groups is 1. The maximum absolute atomic E-state index is 13.6. The first-order chi connectivity index (χ1) is 12.2. The lowest BCUT2D eigenvalue weighted by Crippen LogP contribution is -1.98. The highest BCUT2D eigenvalue weighted by atomic mass is 19.1. The minimum absolute atomic E-state index is 0.207. The molecule has 0 heterocycles. The summed E-state index contributed by atoms with van der Waals surface area (Å²) in [6.45, 7) is 0. The summed E-state index contributed by atoms with van der Waals surface area (Å²) in [6.07, 6.45) is 2.86. The summed E-state index contributed by atoms with van der Waals surface area (Å²) in [5.41, 5.74) is 2.41. The highest BCUT2D eigenvalue weighted by Gasteiger charge is 2.07. The Morgan fingerprint density at radius 1 is 0.800 bits per heavy atom. The molecule has 2 heteroatoms. The van der Waals surface area contributed by atoms with Crippen LogP contribution in [0.3, 0.4) is 0 Å². The Balaban J connectivity index is 1.87. The summed E-state index contributed by atoms with van der Waals surface area (Å²) < 4.78 is 13.6. The smallest absolute Gasteiger partial charge is 0.187 e. The van der Waals surface area contributed by atoms with Crippen molar-refractivity contribution in [3.63, 3.8) is 0 Å². The van der Waals surface area contributed by atoms with Crippen molar-refractivity contribution in [1.82, 2.24) is 0 Å². The van der Waals surface area contributed by atoms with Crippen LogP contribution < -0.4 is 0 Å². The maximum atomic E-state index is 13.6. The summed E-state index contributed by atoms with van der Waals surface area (Å²) >= 11 is 0. The third-order valence-electron chi connectivity index (χ3n) is 3.63. The molecule has 25 heavy (non-hydrogen) atoms. The molecule has 3 aromatic carbocycles. The molecule has 1 nitrogen and oxygen atoms in total. The van der Waals surface area contributed by atoms with Gasteiger partial charge in [0.15, 0.2) is 5.78 Å². The van der Waals surface area contributed by atoms with E-state index in [1.54, 1.807) is 36.4 Å². The van der Waals surface area contributed by atoms with E-state index < -0.39 is 0 Å². The second kappa shape index (κ2) is 7.90. The number of carbonyl (C=O) groups excluding carboxylic acids is 1. The molecule has 3 rings (SSSR count). The summed E-state index contributed by atoms with van der Waals surface area (Å²) in [7, 11) is 0. The summed E-state index contributed by atoms with van der Waals surface area (Å²) in [5.74, 6) is 5.53. The van der Waals surface area contributed by atoms with Crippen LogP contribution in [0.2, 0.25) is 0 Å². The van der Waals surface area contributed by atoms with Crippen molar-refractivity contribution in [3.05, 3.63) is 113 Å². The van der Waals surface area contributed by atoms with Crippen LogP contribution in [0.5, 0.6) is 0 Å². The van der Waals surface area contributed by atoms with Gasteiger partial charge in [0, 0.05) is 22.3 Å². The minimum atomic E-state index is -0.358. The number of ketones is 1. The second-order valence-corrected chi connectivity index (χ2v) is 5.38. The summed E-state index contributed by atoms with van der Waals surface area (Å²) in [4.78, 5) is 12.5. The molecule has 120 valence electrons. The van der Waals surface area contributed by atoms with Crippen molar-refractivity contribution in [1.29, 1.82) is 0 Å². The van der Waals surface area contributed by atoms with Crippen LogP contribution >= 0.6 is 0 Å². The van der Waals surface area contributed by atoms with Crippen LogP contribution in [0.25, 0.3) is 6.08 Å².